The third-order valence-corrected chi connectivity index (χ3v) is 8.89. The van der Waals surface area contributed by atoms with Crippen molar-refractivity contribution in [2.24, 2.45) is 46.8 Å². The second kappa shape index (κ2) is 6.25. The Balaban J connectivity index is 1.53. The number of carbonyl (C=O) groups is 2. The monoisotopic (exact) mass is 330 g/mol. The van der Waals surface area contributed by atoms with Crippen molar-refractivity contribution in [2.75, 3.05) is 0 Å². The molecule has 8 unspecified atom stereocenters. The van der Waals surface area contributed by atoms with Crippen molar-refractivity contribution in [1.82, 2.24) is 0 Å². The molecule has 0 N–H and O–H groups in total. The normalized spacial score (nSPS) is 50.5. The van der Waals surface area contributed by atoms with E-state index in [0.29, 0.717) is 0 Å². The van der Waals surface area contributed by atoms with E-state index in [1.54, 1.807) is 0 Å². The van der Waals surface area contributed by atoms with Crippen LogP contribution in [0.4, 0.5) is 0 Å². The Kier molecular flexibility index (Phi) is 4.37. The summed E-state index contributed by atoms with van der Waals surface area (Å²) < 4.78 is 0. The summed E-state index contributed by atoms with van der Waals surface area (Å²) >= 11 is 0. The van der Waals surface area contributed by atoms with E-state index in [2.05, 4.69) is 13.8 Å². The van der Waals surface area contributed by atoms with E-state index in [1.807, 2.05) is 0 Å². The van der Waals surface area contributed by atoms with Crippen LogP contribution in [-0.2, 0) is 9.59 Å². The zero-order valence-corrected chi connectivity index (χ0v) is 15.5. The van der Waals surface area contributed by atoms with Crippen molar-refractivity contribution >= 4 is 12.1 Å². The highest BCUT2D eigenvalue weighted by molar-refractivity contribution is 5.92. The van der Waals surface area contributed by atoms with Gasteiger partial charge in [0, 0.05) is 5.92 Å². The van der Waals surface area contributed by atoms with Crippen LogP contribution in [0.3, 0.4) is 0 Å². The van der Waals surface area contributed by atoms with E-state index in [1.165, 1.54) is 51.4 Å². The highest BCUT2D eigenvalue weighted by Gasteiger charge is 2.58. The summed E-state index contributed by atoms with van der Waals surface area (Å²) in [6.45, 7) is 4.84. The van der Waals surface area contributed by atoms with Crippen LogP contribution >= 0.6 is 0 Å². The Morgan fingerprint density at radius 1 is 1.00 bits per heavy atom. The highest BCUT2D eigenvalue weighted by atomic mass is 16.1. The lowest BCUT2D eigenvalue weighted by Crippen LogP contribution is -2.49. The molecule has 24 heavy (non-hydrogen) atoms. The first-order valence-corrected chi connectivity index (χ1v) is 10.5. The zero-order valence-electron chi connectivity index (χ0n) is 15.5. The largest absolute Gasteiger partial charge is 0.303 e. The SMILES string of the molecule is CC1CCC2C(CCC3C2CCC2(C)C(C(=O)CC=O)CCC32)C1. The summed E-state index contributed by atoms with van der Waals surface area (Å²) in [7, 11) is 0. The molecule has 0 saturated heterocycles. The number of hydrogen-bond donors (Lipinski definition) is 0. The number of hydrogen-bond acceptors (Lipinski definition) is 2. The number of fused-ring (bicyclic) bond motifs is 5. The van der Waals surface area contributed by atoms with Gasteiger partial charge in [0.1, 0.15) is 12.1 Å². The second-order valence-electron chi connectivity index (χ2n) is 9.87. The Morgan fingerprint density at radius 2 is 1.79 bits per heavy atom. The van der Waals surface area contributed by atoms with Crippen LogP contribution in [0.1, 0.15) is 78.1 Å². The molecule has 4 rings (SSSR count). The van der Waals surface area contributed by atoms with Crippen molar-refractivity contribution in [3.63, 3.8) is 0 Å². The van der Waals surface area contributed by atoms with Gasteiger partial charge in [-0.15, -0.1) is 0 Å². The van der Waals surface area contributed by atoms with E-state index >= 15 is 0 Å². The molecular formula is C22H34O2. The van der Waals surface area contributed by atoms with E-state index in [4.69, 9.17) is 0 Å². The molecule has 4 aliphatic carbocycles. The van der Waals surface area contributed by atoms with Crippen LogP contribution in [0.25, 0.3) is 0 Å². The van der Waals surface area contributed by atoms with Gasteiger partial charge in [-0.05, 0) is 92.3 Å². The molecule has 0 spiro atoms. The van der Waals surface area contributed by atoms with E-state index < -0.39 is 0 Å². The zero-order chi connectivity index (χ0) is 16.9. The minimum absolute atomic E-state index is 0.143. The van der Waals surface area contributed by atoms with Gasteiger partial charge in [-0.25, -0.2) is 0 Å². The van der Waals surface area contributed by atoms with Crippen LogP contribution in [0.2, 0.25) is 0 Å². The maximum Gasteiger partial charge on any atom is 0.143 e. The van der Waals surface area contributed by atoms with Crippen molar-refractivity contribution < 1.29 is 9.59 Å². The Hall–Kier alpha value is -0.660. The molecule has 4 saturated carbocycles. The second-order valence-corrected chi connectivity index (χ2v) is 9.87. The van der Waals surface area contributed by atoms with Gasteiger partial charge in [0.15, 0.2) is 0 Å². The standard InChI is InChI=1S/C22H34O2/c1-14-3-5-16-15(13-14)4-6-18-17(16)9-11-22(2)19(18)7-8-20(22)21(24)10-12-23/h12,14-20H,3-11,13H2,1-2H3. The molecule has 2 heteroatoms. The molecule has 134 valence electrons. The third-order valence-electron chi connectivity index (χ3n) is 8.89. The predicted molar refractivity (Wildman–Crippen MR) is 95.5 cm³/mol. The van der Waals surface area contributed by atoms with Crippen molar-refractivity contribution in [2.45, 2.75) is 78.1 Å². The lowest BCUT2D eigenvalue weighted by atomic mass is 9.49. The van der Waals surface area contributed by atoms with Gasteiger partial charge in [0.05, 0.1) is 6.42 Å². The van der Waals surface area contributed by atoms with Crippen LogP contribution in [-0.4, -0.2) is 12.1 Å². The fraction of sp³-hybridized carbons (Fsp3) is 0.909. The fourth-order valence-corrected chi connectivity index (χ4v) is 7.84. The predicted octanol–water partition coefficient (Wildman–Crippen LogP) is 5.05. The average Bonchev–Trinajstić information content (AvgIpc) is 2.92. The number of aldehydes is 1. The molecule has 8 atom stereocenters. The van der Waals surface area contributed by atoms with Gasteiger partial charge in [0.25, 0.3) is 0 Å². The lowest BCUT2D eigenvalue weighted by Gasteiger charge is -2.56. The first kappa shape index (κ1) is 16.8. The average molecular weight is 331 g/mol. The maximum absolute atomic E-state index is 12.5. The molecule has 0 heterocycles. The van der Waals surface area contributed by atoms with Gasteiger partial charge >= 0.3 is 0 Å². The lowest BCUT2D eigenvalue weighted by molar-refractivity contribution is -0.132. The quantitative estimate of drug-likeness (QED) is 0.536. The summed E-state index contributed by atoms with van der Waals surface area (Å²) in [6.07, 6.45) is 13.0. The molecule has 2 nitrogen and oxygen atoms in total. The third kappa shape index (κ3) is 2.51. The molecule has 0 aromatic carbocycles. The summed E-state index contributed by atoms with van der Waals surface area (Å²) in [5.41, 5.74) is 0.191. The maximum atomic E-state index is 12.5. The van der Waals surface area contributed by atoms with E-state index in [9.17, 15) is 9.59 Å². The Labute approximate surface area is 147 Å². The Bertz CT molecular complexity index is 512. The highest BCUT2D eigenvalue weighted by Crippen LogP contribution is 2.64. The number of carbonyl (C=O) groups excluding carboxylic acids is 2. The summed E-state index contributed by atoms with van der Waals surface area (Å²) in [6, 6.07) is 0. The Morgan fingerprint density at radius 3 is 2.58 bits per heavy atom. The van der Waals surface area contributed by atoms with Gasteiger partial charge in [-0.1, -0.05) is 20.3 Å². The minimum Gasteiger partial charge on any atom is -0.303 e. The van der Waals surface area contributed by atoms with E-state index in [0.717, 1.165) is 48.2 Å². The van der Waals surface area contributed by atoms with Gasteiger partial charge in [-0.3, -0.25) is 4.79 Å². The first-order chi connectivity index (χ1) is 11.5. The topological polar surface area (TPSA) is 34.1 Å². The molecule has 0 bridgehead atoms. The molecule has 0 amide bonds. The van der Waals surface area contributed by atoms with Crippen molar-refractivity contribution in [3.8, 4) is 0 Å². The van der Waals surface area contributed by atoms with Crippen LogP contribution < -0.4 is 0 Å². The van der Waals surface area contributed by atoms with Crippen LogP contribution in [0.5, 0.6) is 0 Å². The summed E-state index contributed by atoms with van der Waals surface area (Å²) in [5, 5.41) is 0. The molecule has 4 fully saturated rings. The van der Waals surface area contributed by atoms with Crippen molar-refractivity contribution in [1.29, 1.82) is 0 Å². The molecule has 0 aromatic rings. The first-order valence-electron chi connectivity index (χ1n) is 10.5. The van der Waals surface area contributed by atoms with E-state index in [-0.39, 0.29) is 23.5 Å². The summed E-state index contributed by atoms with van der Waals surface area (Å²) in [5.74, 6) is 5.86. The minimum atomic E-state index is 0.143. The number of rotatable bonds is 3. The molecule has 0 aromatic heterocycles. The number of Topliss-reactive ketones (excluding diaryl/α,β-unsaturated/α-hetero) is 1. The van der Waals surface area contributed by atoms with Gasteiger partial charge in [-0.2, -0.15) is 0 Å². The smallest absolute Gasteiger partial charge is 0.143 e. The molecule has 4 aliphatic rings. The van der Waals surface area contributed by atoms with Gasteiger partial charge in [0.2, 0.25) is 0 Å². The van der Waals surface area contributed by atoms with Crippen molar-refractivity contribution in [3.05, 3.63) is 0 Å². The molecular weight excluding hydrogens is 296 g/mol. The summed E-state index contributed by atoms with van der Waals surface area (Å²) in [4.78, 5) is 23.3. The molecule has 0 radical (unpaired) electrons. The van der Waals surface area contributed by atoms with Gasteiger partial charge < -0.3 is 4.79 Å². The van der Waals surface area contributed by atoms with Crippen LogP contribution in [0, 0.1) is 46.8 Å². The number of ketones is 1. The fourth-order valence-electron chi connectivity index (χ4n) is 7.84. The van der Waals surface area contributed by atoms with Crippen LogP contribution in [0.15, 0.2) is 0 Å². The molecule has 0 aliphatic heterocycles.